The third kappa shape index (κ3) is 1.51. The zero-order chi connectivity index (χ0) is 10.3. The Labute approximate surface area is 91.6 Å². The number of benzene rings is 1. The van der Waals surface area contributed by atoms with E-state index in [2.05, 4.69) is 22.0 Å². The maximum absolute atomic E-state index is 8.81. The number of nitriles is 1. The molecule has 0 radical (unpaired) electrons. The minimum atomic E-state index is -0.154. The molecule has 2 nitrogen and oxygen atoms in total. The van der Waals surface area contributed by atoms with Gasteiger partial charge in [-0.15, -0.1) is 0 Å². The van der Waals surface area contributed by atoms with E-state index >= 15 is 0 Å². The van der Waals surface area contributed by atoms with Crippen molar-refractivity contribution >= 4 is 15.9 Å². The summed E-state index contributed by atoms with van der Waals surface area (Å²) < 4.78 is 6.64. The Balaban J connectivity index is 2.54. The van der Waals surface area contributed by atoms with Crippen LogP contribution in [-0.2, 0) is 6.42 Å². The van der Waals surface area contributed by atoms with Crippen molar-refractivity contribution in [3.05, 3.63) is 27.7 Å². The quantitative estimate of drug-likeness (QED) is 0.711. The molecule has 0 aliphatic carbocycles. The van der Waals surface area contributed by atoms with Crippen LogP contribution in [0.3, 0.4) is 0 Å². The van der Waals surface area contributed by atoms with E-state index in [1.54, 1.807) is 6.07 Å². The lowest BCUT2D eigenvalue weighted by Crippen LogP contribution is -2.24. The number of fused-ring (bicyclic) bond motifs is 1. The largest absolute Gasteiger partial charge is 0.486 e. The van der Waals surface area contributed by atoms with Gasteiger partial charge in [-0.25, -0.2) is 0 Å². The number of halogens is 1. The standard InChI is InChI=1S/C11H10BrNO/c1-11(2)5-8-3-7(6-13)4-9(12)10(8)14-11/h3-4H,5H2,1-2H3. The number of nitrogens with zero attached hydrogens (tertiary/aromatic N) is 1. The third-order valence-electron chi connectivity index (χ3n) is 2.24. The monoisotopic (exact) mass is 251 g/mol. The van der Waals surface area contributed by atoms with E-state index in [0.29, 0.717) is 5.56 Å². The van der Waals surface area contributed by atoms with Crippen LogP contribution in [0.25, 0.3) is 0 Å². The predicted molar refractivity (Wildman–Crippen MR) is 57.3 cm³/mol. The van der Waals surface area contributed by atoms with Crippen LogP contribution in [0.1, 0.15) is 25.0 Å². The van der Waals surface area contributed by atoms with Gasteiger partial charge in [-0.2, -0.15) is 5.26 Å². The van der Waals surface area contributed by atoms with Crippen molar-refractivity contribution < 1.29 is 4.74 Å². The van der Waals surface area contributed by atoms with Gasteiger partial charge in [0, 0.05) is 12.0 Å². The van der Waals surface area contributed by atoms with Gasteiger partial charge in [0.15, 0.2) is 0 Å². The van der Waals surface area contributed by atoms with Crippen LogP contribution in [0.2, 0.25) is 0 Å². The van der Waals surface area contributed by atoms with Gasteiger partial charge in [0.25, 0.3) is 0 Å². The summed E-state index contributed by atoms with van der Waals surface area (Å²) in [6, 6.07) is 5.83. The Kier molecular flexibility index (Phi) is 2.04. The van der Waals surface area contributed by atoms with Gasteiger partial charge < -0.3 is 4.74 Å². The first-order chi connectivity index (χ1) is 6.52. The summed E-state index contributed by atoms with van der Waals surface area (Å²) in [6.45, 7) is 4.09. The van der Waals surface area contributed by atoms with Crippen LogP contribution in [-0.4, -0.2) is 5.60 Å². The van der Waals surface area contributed by atoms with E-state index in [-0.39, 0.29) is 5.60 Å². The molecule has 72 valence electrons. The van der Waals surface area contributed by atoms with E-state index < -0.39 is 0 Å². The van der Waals surface area contributed by atoms with Crippen molar-refractivity contribution in [3.8, 4) is 11.8 Å². The Morgan fingerprint density at radius 3 is 2.86 bits per heavy atom. The minimum Gasteiger partial charge on any atom is -0.486 e. The predicted octanol–water partition coefficient (Wildman–Crippen LogP) is 3.03. The zero-order valence-electron chi connectivity index (χ0n) is 8.10. The Morgan fingerprint density at radius 1 is 1.50 bits per heavy atom. The molecule has 0 saturated carbocycles. The average molecular weight is 252 g/mol. The molecule has 0 saturated heterocycles. The van der Waals surface area contributed by atoms with Crippen LogP contribution >= 0.6 is 15.9 Å². The smallest absolute Gasteiger partial charge is 0.137 e. The maximum Gasteiger partial charge on any atom is 0.137 e. The zero-order valence-corrected chi connectivity index (χ0v) is 9.68. The second-order valence-corrected chi connectivity index (χ2v) is 4.95. The molecule has 1 heterocycles. The third-order valence-corrected chi connectivity index (χ3v) is 2.83. The van der Waals surface area contributed by atoms with Crippen LogP contribution in [0.15, 0.2) is 16.6 Å². The molecule has 0 atom stereocenters. The fourth-order valence-electron chi connectivity index (χ4n) is 1.73. The van der Waals surface area contributed by atoms with Gasteiger partial charge in [0.2, 0.25) is 0 Å². The summed E-state index contributed by atoms with van der Waals surface area (Å²) in [5, 5.41) is 8.81. The van der Waals surface area contributed by atoms with Crippen LogP contribution in [0.4, 0.5) is 0 Å². The SMILES string of the molecule is CC1(C)Cc2cc(C#N)cc(Br)c2O1. The van der Waals surface area contributed by atoms with Crippen molar-refractivity contribution in [2.45, 2.75) is 25.9 Å². The summed E-state index contributed by atoms with van der Waals surface area (Å²) in [7, 11) is 0. The van der Waals surface area contributed by atoms with Crippen molar-refractivity contribution in [1.29, 1.82) is 5.26 Å². The van der Waals surface area contributed by atoms with Gasteiger partial charge in [-0.05, 0) is 41.9 Å². The van der Waals surface area contributed by atoms with Gasteiger partial charge in [0.05, 0.1) is 16.1 Å². The molecule has 0 amide bonds. The van der Waals surface area contributed by atoms with Crippen LogP contribution < -0.4 is 4.74 Å². The molecule has 2 rings (SSSR count). The van der Waals surface area contributed by atoms with Crippen LogP contribution in [0.5, 0.6) is 5.75 Å². The van der Waals surface area contributed by atoms with Crippen molar-refractivity contribution in [2.75, 3.05) is 0 Å². The molecule has 0 N–H and O–H groups in total. The number of rotatable bonds is 0. The second kappa shape index (κ2) is 2.99. The molecule has 0 unspecified atom stereocenters. The van der Waals surface area contributed by atoms with E-state index in [0.717, 1.165) is 22.2 Å². The molecule has 14 heavy (non-hydrogen) atoms. The molecule has 0 spiro atoms. The summed E-state index contributed by atoms with van der Waals surface area (Å²) in [4.78, 5) is 0. The number of ether oxygens (including phenoxy) is 1. The highest BCUT2D eigenvalue weighted by atomic mass is 79.9. The maximum atomic E-state index is 8.81. The lowest BCUT2D eigenvalue weighted by molar-refractivity contribution is 0.137. The van der Waals surface area contributed by atoms with E-state index in [1.807, 2.05) is 19.9 Å². The first-order valence-corrected chi connectivity index (χ1v) is 5.23. The molecule has 1 aliphatic rings. The molecule has 1 aliphatic heterocycles. The first kappa shape index (κ1) is 9.54. The lowest BCUT2D eigenvalue weighted by Gasteiger charge is -2.17. The Morgan fingerprint density at radius 2 is 2.21 bits per heavy atom. The average Bonchev–Trinajstić information content (AvgIpc) is 2.40. The molecular formula is C11H10BrNO. The minimum absolute atomic E-state index is 0.154. The molecule has 3 heteroatoms. The van der Waals surface area contributed by atoms with Gasteiger partial charge in [-0.3, -0.25) is 0 Å². The lowest BCUT2D eigenvalue weighted by atomic mass is 10.0. The summed E-state index contributed by atoms with van der Waals surface area (Å²) in [6.07, 6.45) is 0.858. The van der Waals surface area contributed by atoms with Crippen molar-refractivity contribution in [3.63, 3.8) is 0 Å². The number of hydrogen-bond acceptors (Lipinski definition) is 2. The molecular weight excluding hydrogens is 242 g/mol. The van der Waals surface area contributed by atoms with Gasteiger partial charge in [0.1, 0.15) is 11.4 Å². The highest BCUT2D eigenvalue weighted by Crippen LogP contribution is 2.40. The fourth-order valence-corrected chi connectivity index (χ4v) is 2.31. The summed E-state index contributed by atoms with van der Waals surface area (Å²) in [5.41, 5.74) is 1.64. The first-order valence-electron chi connectivity index (χ1n) is 4.43. The molecule has 1 aromatic rings. The highest BCUT2D eigenvalue weighted by Gasteiger charge is 2.31. The van der Waals surface area contributed by atoms with Crippen LogP contribution in [0, 0.1) is 11.3 Å². The second-order valence-electron chi connectivity index (χ2n) is 4.10. The normalized spacial score (nSPS) is 17.0. The van der Waals surface area contributed by atoms with E-state index in [1.165, 1.54) is 0 Å². The topological polar surface area (TPSA) is 33.0 Å². The summed E-state index contributed by atoms with van der Waals surface area (Å²) in [5.74, 6) is 0.883. The van der Waals surface area contributed by atoms with E-state index in [4.69, 9.17) is 10.00 Å². The fraction of sp³-hybridized carbons (Fsp3) is 0.364. The molecule has 0 fully saturated rings. The van der Waals surface area contributed by atoms with Gasteiger partial charge >= 0.3 is 0 Å². The Bertz CT molecular complexity index is 432. The molecule has 0 bridgehead atoms. The molecule has 1 aromatic carbocycles. The van der Waals surface area contributed by atoms with Crippen molar-refractivity contribution in [1.82, 2.24) is 0 Å². The van der Waals surface area contributed by atoms with Crippen molar-refractivity contribution in [2.24, 2.45) is 0 Å². The Hall–Kier alpha value is -1.01. The number of hydrogen-bond donors (Lipinski definition) is 0. The summed E-state index contributed by atoms with van der Waals surface area (Å²) >= 11 is 3.41. The van der Waals surface area contributed by atoms with Gasteiger partial charge in [-0.1, -0.05) is 0 Å². The van der Waals surface area contributed by atoms with E-state index in [9.17, 15) is 0 Å². The molecule has 0 aromatic heterocycles. The highest BCUT2D eigenvalue weighted by molar-refractivity contribution is 9.10.